The van der Waals surface area contributed by atoms with E-state index in [-0.39, 0.29) is 18.3 Å². The van der Waals surface area contributed by atoms with Crippen LogP contribution < -0.4 is 5.32 Å². The number of esters is 1. The van der Waals surface area contributed by atoms with Crippen molar-refractivity contribution < 1.29 is 19.1 Å². The molecule has 3 heterocycles. The number of benzene rings is 1. The number of hydrogen-bond acceptors (Lipinski definition) is 7. The Morgan fingerprint density at radius 3 is 2.61 bits per heavy atom. The minimum Gasteiger partial charge on any atom is -0.454 e. The quantitative estimate of drug-likeness (QED) is 0.284. The third-order valence-corrected chi connectivity index (χ3v) is 6.71. The molecule has 4 rings (SSSR count). The van der Waals surface area contributed by atoms with Crippen molar-refractivity contribution >= 4 is 40.3 Å². The fraction of sp³-hybridized carbons (Fsp3) is 0.167. The summed E-state index contributed by atoms with van der Waals surface area (Å²) in [5, 5.41) is 9.21. The summed E-state index contributed by atoms with van der Waals surface area (Å²) in [4.78, 5) is 38.6. The van der Waals surface area contributed by atoms with E-state index in [0.717, 1.165) is 15.3 Å². The predicted molar refractivity (Wildman–Crippen MR) is 128 cm³/mol. The van der Waals surface area contributed by atoms with Gasteiger partial charge in [-0.05, 0) is 29.1 Å². The first kappa shape index (κ1) is 22.6. The lowest BCUT2D eigenvalue weighted by molar-refractivity contribution is -0.119. The van der Waals surface area contributed by atoms with Gasteiger partial charge in [-0.25, -0.2) is 4.79 Å². The average molecular weight is 480 g/mol. The Balaban J connectivity index is 1.46. The Bertz CT molecular complexity index is 1260. The van der Waals surface area contributed by atoms with E-state index < -0.39 is 5.97 Å². The van der Waals surface area contributed by atoms with E-state index in [0.29, 0.717) is 29.2 Å². The number of ketones is 1. The van der Waals surface area contributed by atoms with E-state index in [1.54, 1.807) is 23.0 Å². The van der Waals surface area contributed by atoms with E-state index in [9.17, 15) is 14.4 Å². The molecule has 0 saturated heterocycles. The van der Waals surface area contributed by atoms with Crippen molar-refractivity contribution in [2.24, 2.45) is 0 Å². The van der Waals surface area contributed by atoms with Gasteiger partial charge in [-0.3, -0.25) is 14.3 Å². The number of carbonyl (C=O) groups excluding carboxylic acids is 3. The standard InChI is InChI=1S/C24H21N3O4S2/c1-16(28)25-12-18-9-10-21(33-18)20(29)15-31-24(30)19-14-27(13-17-6-3-2-4-7-17)26-23(19)22-8-5-11-32-22/h2-11,14H,12-13,15H2,1H3,(H,25,28). The number of aromatic nitrogens is 2. The number of nitrogens with zero attached hydrogens (tertiary/aromatic N) is 2. The Labute approximate surface area is 198 Å². The van der Waals surface area contributed by atoms with Gasteiger partial charge in [-0.2, -0.15) is 5.10 Å². The molecule has 0 atom stereocenters. The summed E-state index contributed by atoms with van der Waals surface area (Å²) in [5.41, 5.74) is 1.91. The highest BCUT2D eigenvalue weighted by molar-refractivity contribution is 7.14. The maximum Gasteiger partial charge on any atom is 0.342 e. The molecule has 0 bridgehead atoms. The van der Waals surface area contributed by atoms with Crippen LogP contribution in [0.15, 0.2) is 66.2 Å². The molecule has 0 aliphatic carbocycles. The lowest BCUT2D eigenvalue weighted by atomic mass is 10.2. The number of Topliss-reactive ketones (excluding diaryl/α,β-unsaturated/α-hetero) is 1. The molecule has 3 aromatic heterocycles. The summed E-state index contributed by atoms with van der Waals surface area (Å²) in [6, 6.07) is 17.1. The van der Waals surface area contributed by atoms with Crippen LogP contribution >= 0.6 is 22.7 Å². The van der Waals surface area contributed by atoms with Gasteiger partial charge in [0.25, 0.3) is 0 Å². The monoisotopic (exact) mass is 479 g/mol. The van der Waals surface area contributed by atoms with E-state index in [4.69, 9.17) is 4.74 Å². The van der Waals surface area contributed by atoms with Gasteiger partial charge >= 0.3 is 5.97 Å². The highest BCUT2D eigenvalue weighted by Crippen LogP contribution is 2.27. The number of thiophene rings is 2. The zero-order valence-corrected chi connectivity index (χ0v) is 19.4. The normalized spacial score (nSPS) is 10.7. The summed E-state index contributed by atoms with van der Waals surface area (Å²) >= 11 is 2.75. The van der Waals surface area contributed by atoms with E-state index >= 15 is 0 Å². The Hall–Kier alpha value is -3.56. The molecule has 0 aliphatic heterocycles. The van der Waals surface area contributed by atoms with Crippen molar-refractivity contribution in [1.29, 1.82) is 0 Å². The van der Waals surface area contributed by atoms with Gasteiger partial charge in [0.15, 0.2) is 6.61 Å². The number of hydrogen-bond donors (Lipinski definition) is 1. The molecule has 7 nitrogen and oxygen atoms in total. The lowest BCUT2D eigenvalue weighted by Gasteiger charge is -2.03. The van der Waals surface area contributed by atoms with Crippen LogP contribution in [-0.2, 0) is 22.6 Å². The second kappa shape index (κ2) is 10.4. The molecule has 1 aromatic carbocycles. The van der Waals surface area contributed by atoms with Crippen LogP contribution in [0.1, 0.15) is 37.4 Å². The molecule has 0 unspecified atom stereocenters. The molecule has 168 valence electrons. The lowest BCUT2D eigenvalue weighted by Crippen LogP contribution is -2.18. The molecule has 9 heteroatoms. The first-order valence-corrected chi connectivity index (χ1v) is 11.9. The first-order chi connectivity index (χ1) is 16.0. The molecule has 0 fully saturated rings. The highest BCUT2D eigenvalue weighted by atomic mass is 32.1. The summed E-state index contributed by atoms with van der Waals surface area (Å²) in [6.45, 7) is 1.94. The molecule has 1 N–H and O–H groups in total. The number of amides is 1. The van der Waals surface area contributed by atoms with E-state index in [2.05, 4.69) is 10.4 Å². The number of nitrogens with one attached hydrogen (secondary N) is 1. The minimum atomic E-state index is -0.596. The zero-order chi connectivity index (χ0) is 23.2. The Morgan fingerprint density at radius 2 is 1.88 bits per heavy atom. The van der Waals surface area contributed by atoms with Crippen molar-refractivity contribution in [3.63, 3.8) is 0 Å². The van der Waals surface area contributed by atoms with Crippen LogP contribution in [-0.4, -0.2) is 34.0 Å². The van der Waals surface area contributed by atoms with Crippen LogP contribution in [0.3, 0.4) is 0 Å². The van der Waals surface area contributed by atoms with E-state index in [1.165, 1.54) is 29.6 Å². The number of rotatable bonds is 9. The molecular formula is C24H21N3O4S2. The van der Waals surface area contributed by atoms with Crippen molar-refractivity contribution in [3.8, 4) is 10.6 Å². The first-order valence-electron chi connectivity index (χ1n) is 10.2. The highest BCUT2D eigenvalue weighted by Gasteiger charge is 2.21. The summed E-state index contributed by atoms with van der Waals surface area (Å²) < 4.78 is 7.06. The molecule has 4 aromatic rings. The smallest absolute Gasteiger partial charge is 0.342 e. The fourth-order valence-corrected chi connectivity index (χ4v) is 4.73. The Kier molecular flexibility index (Phi) is 7.11. The SMILES string of the molecule is CC(=O)NCc1ccc(C(=O)COC(=O)c2cn(Cc3ccccc3)nc2-c2cccs2)s1. The average Bonchev–Trinajstić information content (AvgIpc) is 3.57. The predicted octanol–water partition coefficient (Wildman–Crippen LogP) is 4.40. The summed E-state index contributed by atoms with van der Waals surface area (Å²) in [6.07, 6.45) is 1.66. The van der Waals surface area contributed by atoms with Crippen molar-refractivity contribution in [2.45, 2.75) is 20.0 Å². The maximum atomic E-state index is 12.9. The zero-order valence-electron chi connectivity index (χ0n) is 17.8. The van der Waals surface area contributed by atoms with Gasteiger partial charge in [-0.1, -0.05) is 36.4 Å². The van der Waals surface area contributed by atoms with Crippen LogP contribution in [0, 0.1) is 0 Å². The topological polar surface area (TPSA) is 90.3 Å². The van der Waals surface area contributed by atoms with Crippen LogP contribution in [0.4, 0.5) is 0 Å². The molecular weight excluding hydrogens is 458 g/mol. The van der Waals surface area contributed by atoms with E-state index in [1.807, 2.05) is 47.8 Å². The van der Waals surface area contributed by atoms with Gasteiger partial charge in [0.1, 0.15) is 11.3 Å². The van der Waals surface area contributed by atoms with Crippen LogP contribution in [0.2, 0.25) is 0 Å². The third-order valence-electron chi connectivity index (χ3n) is 4.71. The summed E-state index contributed by atoms with van der Waals surface area (Å²) in [5.74, 6) is -1.03. The third kappa shape index (κ3) is 5.82. The van der Waals surface area contributed by atoms with Crippen LogP contribution in [0.25, 0.3) is 10.6 Å². The van der Waals surface area contributed by atoms with Gasteiger partial charge in [0.2, 0.25) is 11.7 Å². The molecule has 1 amide bonds. The van der Waals surface area contributed by atoms with Crippen LogP contribution in [0.5, 0.6) is 0 Å². The van der Waals surface area contributed by atoms with Gasteiger partial charge in [0.05, 0.1) is 22.8 Å². The molecule has 0 spiro atoms. The second-order valence-corrected chi connectivity index (χ2v) is 9.34. The number of carbonyl (C=O) groups is 3. The van der Waals surface area contributed by atoms with Crippen molar-refractivity contribution in [2.75, 3.05) is 6.61 Å². The number of ether oxygens (including phenoxy) is 1. The Morgan fingerprint density at radius 1 is 1.06 bits per heavy atom. The molecule has 0 aliphatic rings. The maximum absolute atomic E-state index is 12.9. The minimum absolute atomic E-state index is 0.139. The van der Waals surface area contributed by atoms with Gasteiger partial charge in [-0.15, -0.1) is 22.7 Å². The van der Waals surface area contributed by atoms with Gasteiger partial charge < -0.3 is 10.1 Å². The van der Waals surface area contributed by atoms with Crippen molar-refractivity contribution in [3.05, 3.63) is 87.1 Å². The van der Waals surface area contributed by atoms with Gasteiger partial charge in [0, 0.05) is 18.0 Å². The fourth-order valence-electron chi connectivity index (χ4n) is 3.13. The molecule has 0 radical (unpaired) electrons. The second-order valence-electron chi connectivity index (χ2n) is 7.23. The largest absolute Gasteiger partial charge is 0.454 e. The van der Waals surface area contributed by atoms with Crippen molar-refractivity contribution in [1.82, 2.24) is 15.1 Å². The molecule has 0 saturated carbocycles. The molecule has 33 heavy (non-hydrogen) atoms. The summed E-state index contributed by atoms with van der Waals surface area (Å²) in [7, 11) is 0.